The third kappa shape index (κ3) is 7.13. The quantitative estimate of drug-likeness (QED) is 0.113. The molecule has 6 rings (SSSR count). The summed E-state index contributed by atoms with van der Waals surface area (Å²) in [7, 11) is 1.53. The summed E-state index contributed by atoms with van der Waals surface area (Å²) in [6, 6.07) is 43.9. The highest BCUT2D eigenvalue weighted by atomic mass is 16.5. The van der Waals surface area contributed by atoms with E-state index in [4.69, 9.17) is 9.47 Å². The molecular formula is C39H31N3O5. The second-order valence-corrected chi connectivity index (χ2v) is 10.6. The van der Waals surface area contributed by atoms with Crippen molar-refractivity contribution in [2.24, 2.45) is 5.10 Å². The molecule has 8 nitrogen and oxygen atoms in total. The molecule has 8 heteroatoms. The average molecular weight is 622 g/mol. The van der Waals surface area contributed by atoms with Gasteiger partial charge >= 0.3 is 5.97 Å². The van der Waals surface area contributed by atoms with Gasteiger partial charge in [0.25, 0.3) is 5.91 Å². The molecule has 0 saturated carbocycles. The van der Waals surface area contributed by atoms with Crippen LogP contribution < -0.4 is 14.9 Å². The van der Waals surface area contributed by atoms with Crippen LogP contribution in [-0.2, 0) is 6.61 Å². The molecule has 1 amide bonds. The lowest BCUT2D eigenvalue weighted by Crippen LogP contribution is -2.17. The Hall–Kier alpha value is -6.41. The van der Waals surface area contributed by atoms with E-state index in [1.165, 1.54) is 19.4 Å². The van der Waals surface area contributed by atoms with E-state index in [0.29, 0.717) is 22.6 Å². The first-order valence-corrected chi connectivity index (χ1v) is 14.9. The van der Waals surface area contributed by atoms with Gasteiger partial charge in [-0.05, 0) is 89.0 Å². The van der Waals surface area contributed by atoms with Crippen molar-refractivity contribution < 1.29 is 24.2 Å². The molecule has 0 atom stereocenters. The minimum absolute atomic E-state index is 0.172. The number of carbonyl (C=O) groups is 2. The number of aromatic nitrogens is 1. The van der Waals surface area contributed by atoms with Crippen LogP contribution in [0.1, 0.15) is 31.8 Å². The summed E-state index contributed by atoms with van der Waals surface area (Å²) in [6.07, 6.45) is 1.52. The SMILES string of the molecule is COc1cc(/C=N\NC(=O)c2ccc(-n3c(-c4ccccc4)ccc3-c3ccccc3)cc2)ccc1OCc1cccc(C(=O)O)c1. The minimum atomic E-state index is -0.996. The molecule has 0 aliphatic rings. The van der Waals surface area contributed by atoms with Gasteiger partial charge in [-0.2, -0.15) is 5.10 Å². The predicted octanol–water partition coefficient (Wildman–Crippen LogP) is 7.86. The zero-order valence-corrected chi connectivity index (χ0v) is 25.5. The fourth-order valence-electron chi connectivity index (χ4n) is 5.21. The van der Waals surface area contributed by atoms with Crippen LogP contribution in [0.3, 0.4) is 0 Å². The van der Waals surface area contributed by atoms with E-state index in [1.54, 1.807) is 48.5 Å². The number of hydrogen-bond donors (Lipinski definition) is 2. The van der Waals surface area contributed by atoms with Crippen LogP contribution in [0.4, 0.5) is 0 Å². The van der Waals surface area contributed by atoms with E-state index in [2.05, 4.69) is 51.5 Å². The van der Waals surface area contributed by atoms with Crippen LogP contribution in [0.25, 0.3) is 28.2 Å². The van der Waals surface area contributed by atoms with Crippen LogP contribution in [0.2, 0.25) is 0 Å². The maximum Gasteiger partial charge on any atom is 0.335 e. The fraction of sp³-hybridized carbons (Fsp3) is 0.0513. The molecule has 0 fully saturated rings. The van der Waals surface area contributed by atoms with Crippen LogP contribution in [-0.4, -0.2) is 34.9 Å². The Morgan fingerprint density at radius 1 is 0.723 bits per heavy atom. The molecule has 5 aromatic carbocycles. The summed E-state index contributed by atoms with van der Waals surface area (Å²) in [4.78, 5) is 24.2. The summed E-state index contributed by atoms with van der Waals surface area (Å²) in [5.41, 5.74) is 9.86. The van der Waals surface area contributed by atoms with Crippen molar-refractivity contribution in [3.8, 4) is 39.7 Å². The van der Waals surface area contributed by atoms with Gasteiger partial charge in [-0.15, -0.1) is 0 Å². The van der Waals surface area contributed by atoms with Crippen molar-refractivity contribution in [3.05, 3.63) is 162 Å². The summed E-state index contributed by atoms with van der Waals surface area (Å²) >= 11 is 0. The smallest absolute Gasteiger partial charge is 0.335 e. The van der Waals surface area contributed by atoms with Crippen molar-refractivity contribution in [2.75, 3.05) is 7.11 Å². The Balaban J connectivity index is 1.14. The fourth-order valence-corrected chi connectivity index (χ4v) is 5.21. The van der Waals surface area contributed by atoms with Crippen LogP contribution in [0, 0.1) is 0 Å². The van der Waals surface area contributed by atoms with Gasteiger partial charge in [-0.3, -0.25) is 4.79 Å². The van der Waals surface area contributed by atoms with Gasteiger partial charge < -0.3 is 19.1 Å². The van der Waals surface area contributed by atoms with Crippen LogP contribution >= 0.6 is 0 Å². The first kappa shape index (κ1) is 30.6. The molecule has 1 heterocycles. The molecule has 0 spiro atoms. The number of hydrogen-bond acceptors (Lipinski definition) is 5. The van der Waals surface area contributed by atoms with Crippen molar-refractivity contribution >= 4 is 18.1 Å². The molecule has 0 unspecified atom stereocenters. The van der Waals surface area contributed by atoms with Gasteiger partial charge in [0.1, 0.15) is 6.61 Å². The number of rotatable bonds is 11. The molecule has 0 bridgehead atoms. The van der Waals surface area contributed by atoms with Gasteiger partial charge in [0.2, 0.25) is 0 Å². The third-order valence-corrected chi connectivity index (χ3v) is 7.54. The maximum absolute atomic E-state index is 13.0. The normalized spacial score (nSPS) is 10.9. The number of carbonyl (C=O) groups excluding carboxylic acids is 1. The Labute approximate surface area is 272 Å². The molecule has 0 saturated heterocycles. The summed E-state index contributed by atoms with van der Waals surface area (Å²) in [6.45, 7) is 0.172. The third-order valence-electron chi connectivity index (χ3n) is 7.54. The van der Waals surface area contributed by atoms with Crippen molar-refractivity contribution in [2.45, 2.75) is 6.61 Å². The van der Waals surface area contributed by atoms with Crippen LogP contribution in [0.5, 0.6) is 11.5 Å². The number of methoxy groups -OCH3 is 1. The molecule has 1 aromatic heterocycles. The molecule has 2 N–H and O–H groups in total. The Morgan fingerprint density at radius 3 is 2.00 bits per heavy atom. The molecule has 0 aliphatic carbocycles. The second-order valence-electron chi connectivity index (χ2n) is 10.6. The van der Waals surface area contributed by atoms with E-state index in [-0.39, 0.29) is 18.1 Å². The monoisotopic (exact) mass is 621 g/mol. The number of aromatic carboxylic acids is 1. The van der Waals surface area contributed by atoms with Crippen LogP contribution in [0.15, 0.2) is 145 Å². The van der Waals surface area contributed by atoms with E-state index >= 15 is 0 Å². The first-order valence-electron chi connectivity index (χ1n) is 14.9. The lowest BCUT2D eigenvalue weighted by Gasteiger charge is -2.15. The second kappa shape index (κ2) is 14.1. The van der Waals surface area contributed by atoms with Crippen molar-refractivity contribution in [1.82, 2.24) is 9.99 Å². The van der Waals surface area contributed by atoms with E-state index in [9.17, 15) is 14.7 Å². The molecular weight excluding hydrogens is 590 g/mol. The zero-order valence-electron chi connectivity index (χ0n) is 25.5. The van der Waals surface area contributed by atoms with E-state index in [1.807, 2.05) is 48.5 Å². The number of carboxylic acids is 1. The van der Waals surface area contributed by atoms with Gasteiger partial charge in [-0.25, -0.2) is 10.2 Å². The Kier molecular flexibility index (Phi) is 9.20. The van der Waals surface area contributed by atoms with Crippen molar-refractivity contribution in [1.29, 1.82) is 0 Å². The van der Waals surface area contributed by atoms with Gasteiger partial charge in [-0.1, -0.05) is 72.8 Å². The number of hydrazone groups is 1. The lowest BCUT2D eigenvalue weighted by atomic mass is 10.1. The minimum Gasteiger partial charge on any atom is -0.493 e. The summed E-state index contributed by atoms with van der Waals surface area (Å²) < 4.78 is 13.5. The Morgan fingerprint density at radius 2 is 1.38 bits per heavy atom. The molecule has 232 valence electrons. The number of benzene rings is 5. The highest BCUT2D eigenvalue weighted by Gasteiger charge is 2.15. The number of carboxylic acid groups (broad SMARTS) is 1. The molecule has 0 aliphatic heterocycles. The van der Waals surface area contributed by atoms with Gasteiger partial charge in [0.05, 0.1) is 30.3 Å². The maximum atomic E-state index is 13.0. The Bertz CT molecular complexity index is 1980. The predicted molar refractivity (Wildman–Crippen MR) is 182 cm³/mol. The van der Waals surface area contributed by atoms with Gasteiger partial charge in [0, 0.05) is 11.3 Å². The zero-order chi connectivity index (χ0) is 32.6. The number of nitrogens with zero attached hydrogens (tertiary/aromatic N) is 2. The molecule has 47 heavy (non-hydrogen) atoms. The highest BCUT2D eigenvalue weighted by molar-refractivity contribution is 5.95. The molecule has 6 aromatic rings. The standard InChI is InChI=1S/C39H31N3O5/c1-46-37-24-27(15-22-36(37)47-26-28-9-8-14-32(23-28)39(44)45)25-40-41-38(43)31-16-18-33(19-17-31)42-34(29-10-4-2-5-11-29)20-21-35(42)30-12-6-3-7-13-30/h2-25H,26H2,1H3,(H,41,43)(H,44,45)/b40-25-. The summed E-state index contributed by atoms with van der Waals surface area (Å²) in [5, 5.41) is 13.4. The highest BCUT2D eigenvalue weighted by Crippen LogP contribution is 2.32. The molecule has 0 radical (unpaired) electrons. The van der Waals surface area contributed by atoms with E-state index < -0.39 is 5.97 Å². The van der Waals surface area contributed by atoms with E-state index in [0.717, 1.165) is 33.8 Å². The number of nitrogens with one attached hydrogen (secondary N) is 1. The lowest BCUT2D eigenvalue weighted by molar-refractivity contribution is 0.0696. The van der Waals surface area contributed by atoms with Crippen molar-refractivity contribution in [3.63, 3.8) is 0 Å². The summed E-state index contributed by atoms with van der Waals surface area (Å²) in [5.74, 6) is -0.380. The average Bonchev–Trinajstić information content (AvgIpc) is 3.57. The van der Waals surface area contributed by atoms with Gasteiger partial charge in [0.15, 0.2) is 11.5 Å². The first-order chi connectivity index (χ1) is 23.0. The number of amides is 1. The topological polar surface area (TPSA) is 102 Å². The largest absolute Gasteiger partial charge is 0.493 e. The number of ether oxygens (including phenoxy) is 2.